The van der Waals surface area contributed by atoms with Crippen LogP contribution in [0.25, 0.3) is 0 Å². The maximum absolute atomic E-state index is 11.9. The highest BCUT2D eigenvalue weighted by Gasteiger charge is 2.10. The Bertz CT molecular complexity index is 693. The van der Waals surface area contributed by atoms with E-state index in [0.717, 1.165) is 63.5 Å². The summed E-state index contributed by atoms with van der Waals surface area (Å²) in [5, 5.41) is 7.31. The van der Waals surface area contributed by atoms with Gasteiger partial charge in [-0.15, -0.1) is 0 Å². The van der Waals surface area contributed by atoms with E-state index < -0.39 is 0 Å². The highest BCUT2D eigenvalue weighted by Crippen LogP contribution is 2.22. The Labute approximate surface area is 184 Å². The molecule has 168 valence electrons. The summed E-state index contributed by atoms with van der Waals surface area (Å²) in [6.45, 7) is 6.14. The molecule has 1 aliphatic heterocycles. The quantitative estimate of drug-likeness (QED) is 0.324. The maximum Gasteiger partial charge on any atom is 0.243 e. The molecule has 0 saturated carbocycles. The number of morpholine rings is 1. The van der Waals surface area contributed by atoms with Crippen LogP contribution in [0.2, 0.25) is 5.02 Å². The summed E-state index contributed by atoms with van der Waals surface area (Å²) < 4.78 is 10.6. The van der Waals surface area contributed by atoms with Crippen molar-refractivity contribution in [1.29, 1.82) is 0 Å². The Morgan fingerprint density at radius 3 is 2.67 bits per heavy atom. The highest BCUT2D eigenvalue weighted by molar-refractivity contribution is 6.31. The van der Waals surface area contributed by atoms with E-state index in [1.807, 2.05) is 18.2 Å². The van der Waals surface area contributed by atoms with Gasteiger partial charge in [0.25, 0.3) is 0 Å². The number of nitrogens with zero attached hydrogens (tertiary/aromatic N) is 3. The van der Waals surface area contributed by atoms with Gasteiger partial charge in [0.15, 0.2) is 5.96 Å². The van der Waals surface area contributed by atoms with Crippen LogP contribution in [0.4, 0.5) is 0 Å². The molecular weight excluding hydrogens is 406 g/mol. The van der Waals surface area contributed by atoms with E-state index in [4.69, 9.17) is 21.1 Å². The number of aliphatic imine (C=N–C) groups is 1. The zero-order valence-electron chi connectivity index (χ0n) is 18.2. The lowest BCUT2D eigenvalue weighted by molar-refractivity contribution is -0.127. The van der Waals surface area contributed by atoms with Crippen molar-refractivity contribution in [3.05, 3.63) is 28.8 Å². The smallest absolute Gasteiger partial charge is 0.243 e. The fourth-order valence-electron chi connectivity index (χ4n) is 2.97. The first kappa shape index (κ1) is 24.2. The molecule has 0 aromatic heterocycles. The lowest BCUT2D eigenvalue weighted by atomic mass is 10.1. The molecule has 1 amide bonds. The van der Waals surface area contributed by atoms with Gasteiger partial charge in [0.05, 0.1) is 20.3 Å². The molecule has 9 heteroatoms. The van der Waals surface area contributed by atoms with Crippen LogP contribution in [-0.4, -0.2) is 95.4 Å². The molecule has 30 heavy (non-hydrogen) atoms. The highest BCUT2D eigenvalue weighted by atomic mass is 35.5. The Balaban J connectivity index is 1.82. The summed E-state index contributed by atoms with van der Waals surface area (Å²) >= 11 is 6.32. The molecule has 1 aliphatic rings. The number of hydrogen-bond donors (Lipinski definition) is 2. The number of likely N-dealkylation sites (N-methyl/N-ethyl adjacent to an activating group) is 1. The molecule has 0 radical (unpaired) electrons. The largest absolute Gasteiger partial charge is 0.497 e. The third-order valence-electron chi connectivity index (χ3n) is 4.87. The Kier molecular flexibility index (Phi) is 10.8. The van der Waals surface area contributed by atoms with Crippen molar-refractivity contribution in [3.8, 4) is 5.75 Å². The predicted molar refractivity (Wildman–Crippen MR) is 121 cm³/mol. The van der Waals surface area contributed by atoms with Crippen LogP contribution in [-0.2, 0) is 16.0 Å². The molecule has 1 saturated heterocycles. The van der Waals surface area contributed by atoms with Crippen LogP contribution in [0.3, 0.4) is 0 Å². The van der Waals surface area contributed by atoms with E-state index in [-0.39, 0.29) is 12.5 Å². The van der Waals surface area contributed by atoms with Crippen LogP contribution in [0.15, 0.2) is 23.2 Å². The molecule has 2 rings (SSSR count). The molecule has 1 aromatic rings. The van der Waals surface area contributed by atoms with E-state index in [1.165, 1.54) is 4.90 Å². The van der Waals surface area contributed by atoms with Gasteiger partial charge in [-0.25, -0.2) is 4.99 Å². The number of rotatable bonds is 10. The minimum atomic E-state index is -0.0392. The monoisotopic (exact) mass is 439 g/mol. The maximum atomic E-state index is 11.9. The van der Waals surface area contributed by atoms with Crippen molar-refractivity contribution in [2.24, 2.45) is 4.99 Å². The minimum Gasteiger partial charge on any atom is -0.497 e. The van der Waals surface area contributed by atoms with E-state index in [0.29, 0.717) is 17.5 Å². The number of methoxy groups -OCH3 is 1. The number of benzene rings is 1. The Hall–Kier alpha value is -2.03. The fourth-order valence-corrected chi connectivity index (χ4v) is 3.23. The van der Waals surface area contributed by atoms with Crippen LogP contribution in [0.1, 0.15) is 12.0 Å². The zero-order valence-corrected chi connectivity index (χ0v) is 19.0. The molecule has 2 N–H and O–H groups in total. The van der Waals surface area contributed by atoms with Crippen molar-refractivity contribution < 1.29 is 14.3 Å². The standard InChI is InChI=1S/C21H34ClN5O3/c1-26(2)20(28)16-25-21(23-8-4-10-27-11-13-30-14-12-27)24-9-7-17-5-6-18(29-3)15-19(17)22/h5-6,15H,4,7-14,16H2,1-3H3,(H2,23,24,25). The Morgan fingerprint density at radius 1 is 1.27 bits per heavy atom. The third kappa shape index (κ3) is 8.77. The Morgan fingerprint density at radius 2 is 2.00 bits per heavy atom. The molecular formula is C21H34ClN5O3. The minimum absolute atomic E-state index is 0.0392. The van der Waals surface area contributed by atoms with Crippen molar-refractivity contribution in [2.75, 3.05) is 73.7 Å². The first-order chi connectivity index (χ1) is 14.5. The van der Waals surface area contributed by atoms with E-state index >= 15 is 0 Å². The van der Waals surface area contributed by atoms with Crippen LogP contribution >= 0.6 is 11.6 Å². The molecule has 0 unspecified atom stereocenters. The second-order valence-corrected chi connectivity index (χ2v) is 7.73. The third-order valence-corrected chi connectivity index (χ3v) is 5.22. The molecule has 0 bridgehead atoms. The van der Waals surface area contributed by atoms with Crippen LogP contribution < -0.4 is 15.4 Å². The summed E-state index contributed by atoms with van der Waals surface area (Å²) in [4.78, 5) is 20.3. The van der Waals surface area contributed by atoms with Gasteiger partial charge in [-0.1, -0.05) is 17.7 Å². The molecule has 1 heterocycles. The summed E-state index contributed by atoms with van der Waals surface area (Å²) in [5.74, 6) is 1.34. The molecule has 0 spiro atoms. The van der Waals surface area contributed by atoms with Gasteiger partial charge in [-0.3, -0.25) is 9.69 Å². The van der Waals surface area contributed by atoms with Gasteiger partial charge in [-0.05, 0) is 37.1 Å². The van der Waals surface area contributed by atoms with Gasteiger partial charge in [-0.2, -0.15) is 0 Å². The summed E-state index contributed by atoms with van der Waals surface area (Å²) in [5.41, 5.74) is 1.03. The SMILES string of the molecule is COc1ccc(CCNC(=NCC(=O)N(C)C)NCCCN2CCOCC2)c(Cl)c1. The number of guanidine groups is 1. The second kappa shape index (κ2) is 13.3. The number of amides is 1. The van der Waals surface area contributed by atoms with Crippen LogP contribution in [0.5, 0.6) is 5.75 Å². The number of hydrogen-bond acceptors (Lipinski definition) is 5. The summed E-state index contributed by atoms with van der Waals surface area (Å²) in [7, 11) is 5.08. The van der Waals surface area contributed by atoms with E-state index in [2.05, 4.69) is 20.5 Å². The zero-order chi connectivity index (χ0) is 21.8. The number of halogens is 1. The van der Waals surface area contributed by atoms with Crippen molar-refractivity contribution >= 4 is 23.5 Å². The molecule has 1 fully saturated rings. The van der Waals surface area contributed by atoms with E-state index in [1.54, 1.807) is 21.2 Å². The topological polar surface area (TPSA) is 78.4 Å². The van der Waals surface area contributed by atoms with Crippen molar-refractivity contribution in [3.63, 3.8) is 0 Å². The van der Waals surface area contributed by atoms with Gasteiger partial charge < -0.3 is 25.0 Å². The summed E-state index contributed by atoms with van der Waals surface area (Å²) in [6.07, 6.45) is 1.73. The normalized spacial score (nSPS) is 15.0. The van der Waals surface area contributed by atoms with Gasteiger partial charge >= 0.3 is 0 Å². The average Bonchev–Trinajstić information content (AvgIpc) is 2.75. The van der Waals surface area contributed by atoms with Crippen molar-refractivity contribution in [2.45, 2.75) is 12.8 Å². The molecule has 1 aromatic carbocycles. The second-order valence-electron chi connectivity index (χ2n) is 7.32. The average molecular weight is 440 g/mol. The number of ether oxygens (including phenoxy) is 2. The number of nitrogens with one attached hydrogen (secondary N) is 2. The van der Waals surface area contributed by atoms with Crippen molar-refractivity contribution in [1.82, 2.24) is 20.4 Å². The van der Waals surface area contributed by atoms with Gasteiger partial charge in [0, 0.05) is 45.3 Å². The number of carbonyl (C=O) groups excluding carboxylic acids is 1. The first-order valence-corrected chi connectivity index (χ1v) is 10.7. The lowest BCUT2D eigenvalue weighted by Crippen LogP contribution is -2.41. The molecule has 8 nitrogen and oxygen atoms in total. The van der Waals surface area contributed by atoms with Gasteiger partial charge in [0.2, 0.25) is 5.91 Å². The van der Waals surface area contributed by atoms with E-state index in [9.17, 15) is 4.79 Å². The molecule has 0 aliphatic carbocycles. The van der Waals surface area contributed by atoms with Crippen LogP contribution in [0, 0.1) is 0 Å². The summed E-state index contributed by atoms with van der Waals surface area (Å²) in [6, 6.07) is 5.67. The number of carbonyl (C=O) groups is 1. The fraction of sp³-hybridized carbons (Fsp3) is 0.619. The lowest BCUT2D eigenvalue weighted by Gasteiger charge is -2.26. The predicted octanol–water partition coefficient (Wildman–Crippen LogP) is 1.24. The molecule has 0 atom stereocenters. The first-order valence-electron chi connectivity index (χ1n) is 10.3. The van der Waals surface area contributed by atoms with Gasteiger partial charge in [0.1, 0.15) is 12.3 Å².